The average molecular weight is 210 g/mol. The van der Waals surface area contributed by atoms with E-state index in [0.717, 1.165) is 6.42 Å². The molecule has 0 N–H and O–H groups in total. The topological polar surface area (TPSA) is 53.3 Å². The summed E-state index contributed by atoms with van der Waals surface area (Å²) in [6.07, 6.45) is 0.855. The molecule has 1 aliphatic rings. The summed E-state index contributed by atoms with van der Waals surface area (Å²) >= 11 is 0. The van der Waals surface area contributed by atoms with Gasteiger partial charge in [-0.2, -0.15) is 5.26 Å². The molecule has 0 aromatic rings. The third-order valence-electron chi connectivity index (χ3n) is 2.94. The average Bonchev–Trinajstić information content (AvgIpc) is 2.30. The van der Waals surface area contributed by atoms with Gasteiger partial charge in [-0.25, -0.2) is 0 Å². The van der Waals surface area contributed by atoms with E-state index >= 15 is 0 Å². The summed E-state index contributed by atoms with van der Waals surface area (Å²) in [6.45, 7) is 6.36. The van der Waals surface area contributed by atoms with E-state index in [-0.39, 0.29) is 11.8 Å². The Morgan fingerprint density at radius 1 is 1.53 bits per heavy atom. The summed E-state index contributed by atoms with van der Waals surface area (Å²) in [6, 6.07) is 2.12. The minimum Gasteiger partial charge on any atom is -0.378 e. The van der Waals surface area contributed by atoms with Gasteiger partial charge in [0.15, 0.2) is 0 Å². The maximum Gasteiger partial charge on any atom is 0.240 e. The molecule has 2 unspecified atom stereocenters. The minimum atomic E-state index is -0.493. The maximum absolute atomic E-state index is 12.0. The number of nitrogens with zero attached hydrogens (tertiary/aromatic N) is 2. The van der Waals surface area contributed by atoms with Gasteiger partial charge in [0.05, 0.1) is 19.3 Å². The third-order valence-corrected chi connectivity index (χ3v) is 2.94. The van der Waals surface area contributed by atoms with Crippen LogP contribution in [0.1, 0.15) is 20.3 Å². The van der Waals surface area contributed by atoms with E-state index in [1.807, 2.05) is 13.8 Å². The predicted octanol–water partition coefficient (Wildman–Crippen LogP) is 1.03. The molecule has 84 valence electrons. The number of amides is 1. The summed E-state index contributed by atoms with van der Waals surface area (Å²) in [5, 5.41) is 9.00. The van der Waals surface area contributed by atoms with E-state index < -0.39 is 5.92 Å². The van der Waals surface area contributed by atoms with Gasteiger partial charge >= 0.3 is 0 Å². The highest BCUT2D eigenvalue weighted by atomic mass is 16.5. The maximum atomic E-state index is 12.0. The molecule has 1 aliphatic heterocycles. The van der Waals surface area contributed by atoms with Crippen LogP contribution in [0.4, 0.5) is 0 Å². The Labute approximate surface area is 90.8 Å². The highest BCUT2D eigenvalue weighted by Crippen LogP contribution is 2.17. The molecule has 1 heterocycles. The Morgan fingerprint density at radius 2 is 2.13 bits per heavy atom. The number of morpholine rings is 1. The largest absolute Gasteiger partial charge is 0.378 e. The van der Waals surface area contributed by atoms with Crippen molar-refractivity contribution in [2.24, 2.45) is 11.8 Å². The Morgan fingerprint density at radius 3 is 2.60 bits per heavy atom. The molecule has 0 aliphatic carbocycles. The van der Waals surface area contributed by atoms with E-state index in [4.69, 9.17) is 10.00 Å². The van der Waals surface area contributed by atoms with Crippen molar-refractivity contribution in [3.8, 4) is 6.07 Å². The Balaban J connectivity index is 2.60. The highest BCUT2D eigenvalue weighted by Gasteiger charge is 2.29. The molecule has 15 heavy (non-hydrogen) atoms. The highest BCUT2D eigenvalue weighted by molar-refractivity contribution is 5.81. The number of hydrogen-bond donors (Lipinski definition) is 0. The van der Waals surface area contributed by atoms with E-state index in [2.05, 4.69) is 6.07 Å². The summed E-state index contributed by atoms with van der Waals surface area (Å²) in [4.78, 5) is 13.7. The van der Waals surface area contributed by atoms with Crippen LogP contribution in [-0.2, 0) is 9.53 Å². The van der Waals surface area contributed by atoms with Crippen molar-refractivity contribution in [1.82, 2.24) is 4.90 Å². The number of nitriles is 1. The van der Waals surface area contributed by atoms with E-state index in [9.17, 15) is 4.79 Å². The first-order valence-corrected chi connectivity index (χ1v) is 5.46. The zero-order valence-electron chi connectivity index (χ0n) is 9.40. The number of hydrogen-bond acceptors (Lipinski definition) is 3. The second-order valence-electron chi connectivity index (χ2n) is 3.93. The second-order valence-corrected chi connectivity index (χ2v) is 3.93. The molecule has 1 amide bonds. The normalized spacial score (nSPS) is 20.5. The van der Waals surface area contributed by atoms with Crippen molar-refractivity contribution in [3.63, 3.8) is 0 Å². The lowest BCUT2D eigenvalue weighted by Gasteiger charge is -2.29. The van der Waals surface area contributed by atoms with Crippen LogP contribution in [0.2, 0.25) is 0 Å². The Kier molecular flexibility index (Phi) is 4.57. The fourth-order valence-corrected chi connectivity index (χ4v) is 1.64. The van der Waals surface area contributed by atoms with Crippen LogP contribution in [0, 0.1) is 23.2 Å². The number of rotatable bonds is 3. The van der Waals surface area contributed by atoms with Gasteiger partial charge in [-0.15, -0.1) is 0 Å². The predicted molar refractivity (Wildman–Crippen MR) is 56.0 cm³/mol. The van der Waals surface area contributed by atoms with Crippen LogP contribution in [0.15, 0.2) is 0 Å². The fraction of sp³-hybridized carbons (Fsp3) is 0.818. The molecule has 0 radical (unpaired) electrons. The Hall–Kier alpha value is -1.08. The lowest BCUT2D eigenvalue weighted by atomic mass is 9.92. The number of ether oxygens (including phenoxy) is 1. The fourth-order valence-electron chi connectivity index (χ4n) is 1.64. The van der Waals surface area contributed by atoms with Crippen molar-refractivity contribution in [2.45, 2.75) is 20.3 Å². The van der Waals surface area contributed by atoms with Gasteiger partial charge in [-0.1, -0.05) is 20.3 Å². The van der Waals surface area contributed by atoms with Crippen LogP contribution in [0.3, 0.4) is 0 Å². The molecule has 4 heteroatoms. The van der Waals surface area contributed by atoms with Crippen molar-refractivity contribution < 1.29 is 9.53 Å². The van der Waals surface area contributed by atoms with Gasteiger partial charge in [0.25, 0.3) is 0 Å². The molecule has 0 saturated carbocycles. The molecular formula is C11H18N2O2. The molecule has 4 nitrogen and oxygen atoms in total. The van der Waals surface area contributed by atoms with Crippen molar-refractivity contribution in [3.05, 3.63) is 0 Å². The summed E-state index contributed by atoms with van der Waals surface area (Å²) in [7, 11) is 0. The third kappa shape index (κ3) is 2.93. The summed E-state index contributed by atoms with van der Waals surface area (Å²) < 4.78 is 5.17. The van der Waals surface area contributed by atoms with Gasteiger partial charge in [-0.05, 0) is 5.92 Å². The zero-order valence-corrected chi connectivity index (χ0v) is 9.40. The van der Waals surface area contributed by atoms with Gasteiger partial charge in [0.1, 0.15) is 5.92 Å². The lowest BCUT2D eigenvalue weighted by Crippen LogP contribution is -2.44. The first-order valence-electron chi connectivity index (χ1n) is 5.46. The number of carbonyl (C=O) groups excluding carboxylic acids is 1. The summed E-state index contributed by atoms with van der Waals surface area (Å²) in [5.74, 6) is -0.395. The smallest absolute Gasteiger partial charge is 0.240 e. The van der Waals surface area contributed by atoms with Crippen molar-refractivity contribution in [2.75, 3.05) is 26.3 Å². The Bertz CT molecular complexity index is 254. The van der Waals surface area contributed by atoms with Crippen LogP contribution in [0.25, 0.3) is 0 Å². The standard InChI is InChI=1S/C11H18N2O2/c1-3-9(2)10(8-12)11(14)13-4-6-15-7-5-13/h9-10H,3-7H2,1-2H3. The molecule has 0 bridgehead atoms. The van der Waals surface area contributed by atoms with E-state index in [1.165, 1.54) is 0 Å². The minimum absolute atomic E-state index is 0.0323. The number of carbonyl (C=O) groups is 1. The first kappa shape index (κ1) is 12.0. The molecule has 1 fully saturated rings. The van der Waals surface area contributed by atoms with Crippen molar-refractivity contribution >= 4 is 5.91 Å². The van der Waals surface area contributed by atoms with E-state index in [0.29, 0.717) is 26.3 Å². The molecule has 2 atom stereocenters. The SMILES string of the molecule is CCC(C)C(C#N)C(=O)N1CCOCC1. The molecule has 1 saturated heterocycles. The van der Waals surface area contributed by atoms with Crippen LogP contribution >= 0.6 is 0 Å². The first-order chi connectivity index (χ1) is 7.20. The molecule has 0 spiro atoms. The molecule has 0 aromatic heterocycles. The summed E-state index contributed by atoms with van der Waals surface area (Å²) in [5.41, 5.74) is 0. The van der Waals surface area contributed by atoms with Crippen LogP contribution < -0.4 is 0 Å². The molecular weight excluding hydrogens is 192 g/mol. The second kappa shape index (κ2) is 5.72. The zero-order chi connectivity index (χ0) is 11.3. The molecule has 0 aromatic carbocycles. The lowest BCUT2D eigenvalue weighted by molar-refractivity contribution is -0.139. The van der Waals surface area contributed by atoms with Crippen molar-refractivity contribution in [1.29, 1.82) is 5.26 Å². The van der Waals surface area contributed by atoms with Crippen LogP contribution in [-0.4, -0.2) is 37.1 Å². The molecule has 1 rings (SSSR count). The monoisotopic (exact) mass is 210 g/mol. The van der Waals surface area contributed by atoms with Gasteiger partial charge in [0.2, 0.25) is 5.91 Å². The van der Waals surface area contributed by atoms with Gasteiger partial charge < -0.3 is 9.64 Å². The van der Waals surface area contributed by atoms with Gasteiger partial charge in [-0.3, -0.25) is 4.79 Å². The van der Waals surface area contributed by atoms with Crippen LogP contribution in [0.5, 0.6) is 0 Å². The van der Waals surface area contributed by atoms with E-state index in [1.54, 1.807) is 4.90 Å². The quantitative estimate of drug-likeness (QED) is 0.699. The van der Waals surface area contributed by atoms with Gasteiger partial charge in [0, 0.05) is 13.1 Å².